The molecule has 27 heavy (non-hydrogen) atoms. The summed E-state index contributed by atoms with van der Waals surface area (Å²) in [7, 11) is 0. The molecule has 0 bridgehead atoms. The second-order valence-corrected chi connectivity index (χ2v) is 7.40. The molecule has 148 valence electrons. The number of amides is 3. The number of para-hydroxylation sites is 1. The molecule has 0 aromatic heterocycles. The van der Waals surface area contributed by atoms with E-state index >= 15 is 0 Å². The Bertz CT molecular complexity index is 698. The Morgan fingerprint density at radius 1 is 1.15 bits per heavy atom. The van der Waals surface area contributed by atoms with Gasteiger partial charge in [-0.2, -0.15) is 0 Å². The molecule has 0 unspecified atom stereocenters. The van der Waals surface area contributed by atoms with E-state index in [2.05, 4.69) is 29.3 Å². The van der Waals surface area contributed by atoms with Crippen molar-refractivity contribution in [3.8, 4) is 0 Å². The summed E-state index contributed by atoms with van der Waals surface area (Å²) >= 11 is 0. The van der Waals surface area contributed by atoms with Crippen molar-refractivity contribution < 1.29 is 14.4 Å². The van der Waals surface area contributed by atoms with Gasteiger partial charge in [0.1, 0.15) is 5.54 Å². The largest absolute Gasteiger partial charge is 0.370 e. The van der Waals surface area contributed by atoms with E-state index in [-0.39, 0.29) is 18.2 Å². The topological polar surface area (TPSA) is 95.7 Å². The Labute approximate surface area is 160 Å². The van der Waals surface area contributed by atoms with Gasteiger partial charge in [0.05, 0.1) is 0 Å². The van der Waals surface area contributed by atoms with Crippen LogP contribution in [0, 0.1) is 6.92 Å². The zero-order valence-electron chi connectivity index (χ0n) is 16.5. The Kier molecular flexibility index (Phi) is 6.82. The highest BCUT2D eigenvalue weighted by atomic mass is 16.2. The molecule has 1 aromatic rings. The second kappa shape index (κ2) is 8.88. The van der Waals surface area contributed by atoms with E-state index in [1.807, 2.05) is 12.1 Å². The third-order valence-electron chi connectivity index (χ3n) is 5.05. The number of hydrogen-bond donors (Lipinski definition) is 2. The van der Waals surface area contributed by atoms with Gasteiger partial charge in [-0.3, -0.25) is 14.4 Å². The quantitative estimate of drug-likeness (QED) is 0.749. The molecular weight excluding hydrogens is 344 g/mol. The van der Waals surface area contributed by atoms with Crippen LogP contribution in [0.4, 0.5) is 5.69 Å². The van der Waals surface area contributed by atoms with Crippen LogP contribution in [0.25, 0.3) is 0 Å². The highest BCUT2D eigenvalue weighted by Gasteiger charge is 2.38. The van der Waals surface area contributed by atoms with Crippen LogP contribution in [0.5, 0.6) is 0 Å². The zero-order valence-corrected chi connectivity index (χ0v) is 16.5. The van der Waals surface area contributed by atoms with E-state index in [0.717, 1.165) is 13.1 Å². The summed E-state index contributed by atoms with van der Waals surface area (Å²) in [5.74, 6) is -0.769. The lowest BCUT2D eigenvalue weighted by molar-refractivity contribution is -0.141. The first-order valence-electron chi connectivity index (χ1n) is 9.40. The van der Waals surface area contributed by atoms with Gasteiger partial charge < -0.3 is 20.9 Å². The molecular formula is C20H30N4O3. The molecule has 1 aliphatic heterocycles. The minimum absolute atomic E-state index is 0.105. The molecule has 0 spiro atoms. The van der Waals surface area contributed by atoms with Crippen LogP contribution in [0.2, 0.25) is 0 Å². The Hall–Kier alpha value is -2.57. The lowest BCUT2D eigenvalue weighted by atomic mass is 9.92. The molecule has 7 nitrogen and oxygen atoms in total. The van der Waals surface area contributed by atoms with Gasteiger partial charge in [0.15, 0.2) is 0 Å². The van der Waals surface area contributed by atoms with E-state index in [4.69, 9.17) is 5.73 Å². The molecule has 3 N–H and O–H groups in total. The smallest absolute Gasteiger partial charge is 0.248 e. The van der Waals surface area contributed by atoms with Gasteiger partial charge >= 0.3 is 0 Å². The van der Waals surface area contributed by atoms with E-state index in [1.54, 1.807) is 11.8 Å². The van der Waals surface area contributed by atoms with Crippen LogP contribution in [-0.2, 0) is 14.4 Å². The number of benzene rings is 1. The Morgan fingerprint density at radius 3 is 2.33 bits per heavy atom. The monoisotopic (exact) mass is 374 g/mol. The highest BCUT2D eigenvalue weighted by molar-refractivity contribution is 5.90. The number of aryl methyl sites for hydroxylation is 1. The molecule has 1 fully saturated rings. The van der Waals surface area contributed by atoms with Crippen molar-refractivity contribution in [2.75, 3.05) is 31.1 Å². The molecule has 3 amide bonds. The van der Waals surface area contributed by atoms with Crippen molar-refractivity contribution in [2.24, 2.45) is 5.73 Å². The minimum atomic E-state index is -1.02. The second-order valence-electron chi connectivity index (χ2n) is 7.40. The number of carbonyl (C=O) groups is 3. The first-order chi connectivity index (χ1) is 12.7. The number of hydrogen-bond acceptors (Lipinski definition) is 4. The number of nitrogens with zero attached hydrogens (tertiary/aromatic N) is 2. The maximum atomic E-state index is 13.1. The normalized spacial score (nSPS) is 16.6. The standard InChI is InChI=1S/C20H30N4O3/c1-15-7-4-5-8-17(15)23-11-13-24(14-12-23)19(27)20(3,22-16(2)25)10-6-9-18(21)26/h4-5,7-8H,6,9-14H2,1-3H3,(H2,21,26)(H,22,25)/t20-/m0/s1. The van der Waals surface area contributed by atoms with Gasteiger partial charge in [-0.25, -0.2) is 0 Å². The average molecular weight is 374 g/mol. The summed E-state index contributed by atoms with van der Waals surface area (Å²) in [6.45, 7) is 7.89. The van der Waals surface area contributed by atoms with Crippen molar-refractivity contribution in [2.45, 2.75) is 45.6 Å². The third-order valence-corrected chi connectivity index (χ3v) is 5.05. The van der Waals surface area contributed by atoms with Gasteiger partial charge in [-0.05, 0) is 38.3 Å². The molecule has 1 saturated heterocycles. The number of piperazine rings is 1. The summed E-state index contributed by atoms with van der Waals surface area (Å²) in [6, 6.07) is 8.22. The number of anilines is 1. The molecule has 1 atom stereocenters. The van der Waals surface area contributed by atoms with E-state index < -0.39 is 11.4 Å². The molecule has 0 radical (unpaired) electrons. The van der Waals surface area contributed by atoms with Crippen LogP contribution in [0.15, 0.2) is 24.3 Å². The van der Waals surface area contributed by atoms with Gasteiger partial charge in [0.25, 0.3) is 0 Å². The van der Waals surface area contributed by atoms with Crippen molar-refractivity contribution in [1.29, 1.82) is 0 Å². The van der Waals surface area contributed by atoms with Crippen molar-refractivity contribution >= 4 is 23.4 Å². The van der Waals surface area contributed by atoms with E-state index in [9.17, 15) is 14.4 Å². The summed E-state index contributed by atoms with van der Waals surface area (Å²) in [5, 5.41) is 2.78. The van der Waals surface area contributed by atoms with Gasteiger partial charge in [-0.1, -0.05) is 18.2 Å². The summed E-state index contributed by atoms with van der Waals surface area (Å²) in [4.78, 5) is 39.8. The summed E-state index contributed by atoms with van der Waals surface area (Å²) < 4.78 is 0. The number of nitrogens with two attached hydrogens (primary N) is 1. The zero-order chi connectivity index (χ0) is 20.0. The first-order valence-corrected chi connectivity index (χ1v) is 9.40. The van der Waals surface area contributed by atoms with Crippen LogP contribution < -0.4 is 16.0 Å². The molecule has 0 aliphatic carbocycles. The van der Waals surface area contributed by atoms with E-state index in [0.29, 0.717) is 25.9 Å². The van der Waals surface area contributed by atoms with Gasteiger partial charge in [0, 0.05) is 45.2 Å². The highest BCUT2D eigenvalue weighted by Crippen LogP contribution is 2.23. The Balaban J connectivity index is 2.02. The van der Waals surface area contributed by atoms with Crippen LogP contribution in [-0.4, -0.2) is 54.3 Å². The van der Waals surface area contributed by atoms with E-state index in [1.165, 1.54) is 18.2 Å². The number of rotatable bonds is 7. The predicted octanol–water partition coefficient (Wildman–Crippen LogP) is 1.19. The number of carbonyl (C=O) groups excluding carboxylic acids is 3. The molecule has 1 heterocycles. The minimum Gasteiger partial charge on any atom is -0.370 e. The van der Waals surface area contributed by atoms with Crippen molar-refractivity contribution in [1.82, 2.24) is 10.2 Å². The summed E-state index contributed by atoms with van der Waals surface area (Å²) in [6.07, 6.45) is 1.04. The van der Waals surface area contributed by atoms with Crippen LogP contribution >= 0.6 is 0 Å². The summed E-state index contributed by atoms with van der Waals surface area (Å²) in [5.41, 5.74) is 6.58. The molecule has 1 aliphatic rings. The van der Waals surface area contributed by atoms with Crippen LogP contribution in [0.3, 0.4) is 0 Å². The molecule has 2 rings (SSSR count). The first kappa shape index (κ1) is 20.7. The fourth-order valence-electron chi connectivity index (χ4n) is 3.65. The molecule has 1 aromatic carbocycles. The maximum Gasteiger partial charge on any atom is 0.248 e. The fraction of sp³-hybridized carbons (Fsp3) is 0.550. The third kappa shape index (κ3) is 5.45. The van der Waals surface area contributed by atoms with Crippen molar-refractivity contribution in [3.63, 3.8) is 0 Å². The van der Waals surface area contributed by atoms with Gasteiger partial charge in [0.2, 0.25) is 17.7 Å². The SMILES string of the molecule is CC(=O)N[C@@](C)(CCCC(N)=O)C(=O)N1CCN(c2ccccc2C)CC1. The lowest BCUT2D eigenvalue weighted by Gasteiger charge is -2.41. The number of primary amides is 1. The number of nitrogens with one attached hydrogen (secondary N) is 1. The molecule has 7 heteroatoms. The van der Waals surface area contributed by atoms with Crippen LogP contribution in [0.1, 0.15) is 38.7 Å². The fourth-order valence-corrected chi connectivity index (χ4v) is 3.65. The Morgan fingerprint density at radius 2 is 1.78 bits per heavy atom. The predicted molar refractivity (Wildman–Crippen MR) is 105 cm³/mol. The lowest BCUT2D eigenvalue weighted by Crippen LogP contribution is -2.61. The maximum absolute atomic E-state index is 13.1. The molecule has 0 saturated carbocycles. The average Bonchev–Trinajstić information content (AvgIpc) is 2.61. The van der Waals surface area contributed by atoms with Crippen molar-refractivity contribution in [3.05, 3.63) is 29.8 Å². The van der Waals surface area contributed by atoms with Gasteiger partial charge in [-0.15, -0.1) is 0 Å².